The van der Waals surface area contributed by atoms with E-state index < -0.39 is 6.10 Å². The van der Waals surface area contributed by atoms with Crippen molar-refractivity contribution in [3.05, 3.63) is 48.6 Å². The topological polar surface area (TPSA) is 78.9 Å². The number of hydrogen-bond donors (Lipinski definition) is 0. The van der Waals surface area contributed by atoms with Gasteiger partial charge in [-0.15, -0.1) is 0 Å². The summed E-state index contributed by atoms with van der Waals surface area (Å²) in [5.41, 5.74) is 0. The Bertz CT molecular complexity index is 1150. The number of hydrogen-bond acceptors (Lipinski definition) is 6. The Hall–Kier alpha value is -2.63. The van der Waals surface area contributed by atoms with Crippen LogP contribution in [0.4, 0.5) is 0 Å². The van der Waals surface area contributed by atoms with Gasteiger partial charge in [0.25, 0.3) is 0 Å². The van der Waals surface area contributed by atoms with E-state index in [1.54, 1.807) is 0 Å². The summed E-state index contributed by atoms with van der Waals surface area (Å²) >= 11 is 0. The van der Waals surface area contributed by atoms with Gasteiger partial charge in [-0.2, -0.15) is 0 Å². The highest BCUT2D eigenvalue weighted by molar-refractivity contribution is 5.71. The van der Waals surface area contributed by atoms with Gasteiger partial charge >= 0.3 is 17.9 Å². The van der Waals surface area contributed by atoms with Crippen LogP contribution in [0.1, 0.15) is 297 Å². The van der Waals surface area contributed by atoms with E-state index in [9.17, 15) is 14.4 Å². The Balaban J connectivity index is 4.26. The van der Waals surface area contributed by atoms with Crippen molar-refractivity contribution < 1.29 is 28.6 Å². The van der Waals surface area contributed by atoms with Crippen molar-refractivity contribution in [2.75, 3.05) is 13.2 Å². The van der Waals surface area contributed by atoms with Gasteiger partial charge in [0.2, 0.25) is 0 Å². The van der Waals surface area contributed by atoms with Crippen LogP contribution in [0.15, 0.2) is 48.6 Å². The molecular weight excluding hydrogens is 817 g/mol. The van der Waals surface area contributed by atoms with Crippen molar-refractivity contribution in [1.82, 2.24) is 0 Å². The molecule has 66 heavy (non-hydrogen) atoms. The predicted octanol–water partition coefficient (Wildman–Crippen LogP) is 19.0. The molecule has 6 heteroatoms. The Morgan fingerprint density at radius 1 is 0.318 bits per heavy atom. The number of ether oxygens (including phenoxy) is 3. The Morgan fingerprint density at radius 2 is 0.621 bits per heavy atom. The van der Waals surface area contributed by atoms with Crippen LogP contribution in [0.25, 0.3) is 0 Å². The highest BCUT2D eigenvalue weighted by atomic mass is 16.6. The van der Waals surface area contributed by atoms with Crippen molar-refractivity contribution in [2.45, 2.75) is 303 Å². The Kier molecular flexibility index (Phi) is 52.8. The van der Waals surface area contributed by atoms with E-state index in [1.807, 2.05) is 0 Å². The second-order valence-electron chi connectivity index (χ2n) is 19.2. The molecule has 384 valence electrons. The average Bonchev–Trinajstić information content (AvgIpc) is 3.31. The molecular formula is C60H108O6. The number of carbonyl (C=O) groups excluding carboxylic acids is 3. The van der Waals surface area contributed by atoms with E-state index in [0.29, 0.717) is 19.3 Å². The molecule has 0 aliphatic rings. The van der Waals surface area contributed by atoms with E-state index in [1.165, 1.54) is 161 Å². The highest BCUT2D eigenvalue weighted by Crippen LogP contribution is 2.17. The van der Waals surface area contributed by atoms with Gasteiger partial charge in [-0.25, -0.2) is 0 Å². The van der Waals surface area contributed by atoms with Crippen molar-refractivity contribution in [3.8, 4) is 0 Å². The third-order valence-corrected chi connectivity index (χ3v) is 12.5. The molecule has 0 rings (SSSR count). The monoisotopic (exact) mass is 925 g/mol. The summed E-state index contributed by atoms with van der Waals surface area (Å²) in [4.78, 5) is 38.1. The van der Waals surface area contributed by atoms with Crippen LogP contribution >= 0.6 is 0 Å². The first-order valence-electron chi connectivity index (χ1n) is 28.6. The molecule has 1 atom stereocenters. The standard InChI is InChI=1S/C60H108O6/c1-4-7-10-13-16-19-22-24-26-28-29-30-31-33-34-36-38-41-44-47-50-53-59(62)65-56-57(55-64-58(61)52-49-46-43-40-21-18-15-12-9-6-3)66-60(63)54-51-48-45-42-39-37-35-32-27-25-23-20-17-14-11-8-5-2/h8,11-12,15,17,20,25,27,57H,4-7,9-10,13-14,16,18-19,21-24,26,28-56H2,1-3H3/b11-8-,15-12-,20-17-,27-25-. The first kappa shape index (κ1) is 63.4. The maximum absolute atomic E-state index is 12.8. The molecule has 0 heterocycles. The minimum absolute atomic E-state index is 0.0770. The van der Waals surface area contributed by atoms with Crippen LogP contribution in [-0.2, 0) is 28.6 Å². The van der Waals surface area contributed by atoms with E-state index >= 15 is 0 Å². The van der Waals surface area contributed by atoms with Crippen LogP contribution in [0, 0.1) is 0 Å². The fourth-order valence-corrected chi connectivity index (χ4v) is 8.28. The maximum atomic E-state index is 12.8. The smallest absolute Gasteiger partial charge is 0.306 e. The van der Waals surface area contributed by atoms with Gasteiger partial charge in [-0.05, 0) is 70.6 Å². The second kappa shape index (κ2) is 55.0. The summed E-state index contributed by atoms with van der Waals surface area (Å²) in [5, 5.41) is 0. The first-order valence-corrected chi connectivity index (χ1v) is 28.6. The molecule has 0 radical (unpaired) electrons. The molecule has 0 bridgehead atoms. The summed E-state index contributed by atoms with van der Waals surface area (Å²) in [5.74, 6) is -0.885. The molecule has 0 saturated heterocycles. The molecule has 0 amide bonds. The van der Waals surface area contributed by atoms with E-state index in [4.69, 9.17) is 14.2 Å². The van der Waals surface area contributed by atoms with Crippen molar-refractivity contribution in [3.63, 3.8) is 0 Å². The molecule has 1 unspecified atom stereocenters. The quantitative estimate of drug-likeness (QED) is 0.0262. The molecule has 0 aromatic carbocycles. The van der Waals surface area contributed by atoms with Gasteiger partial charge in [-0.1, -0.05) is 256 Å². The maximum Gasteiger partial charge on any atom is 0.306 e. The largest absolute Gasteiger partial charge is 0.462 e. The van der Waals surface area contributed by atoms with Crippen LogP contribution in [0.2, 0.25) is 0 Å². The fraction of sp³-hybridized carbons (Fsp3) is 0.817. The molecule has 0 aromatic heterocycles. The number of unbranched alkanes of at least 4 members (excludes halogenated alkanes) is 33. The Morgan fingerprint density at radius 3 is 1.00 bits per heavy atom. The normalized spacial score (nSPS) is 12.3. The van der Waals surface area contributed by atoms with Crippen molar-refractivity contribution >= 4 is 17.9 Å². The Labute approximate surface area is 409 Å². The first-order chi connectivity index (χ1) is 32.5. The predicted molar refractivity (Wildman–Crippen MR) is 284 cm³/mol. The molecule has 0 aliphatic carbocycles. The van der Waals surface area contributed by atoms with Crippen LogP contribution in [0.3, 0.4) is 0 Å². The van der Waals surface area contributed by atoms with Crippen molar-refractivity contribution in [2.24, 2.45) is 0 Å². The molecule has 0 spiro atoms. The van der Waals surface area contributed by atoms with Gasteiger partial charge in [0.05, 0.1) is 0 Å². The SMILES string of the molecule is CC/C=C\C/C=C\C/C=C\CCCCCCCCCC(=O)OC(COC(=O)CCCCCCC/C=C\CCC)COC(=O)CCCCCCCCCCCCCCCCCCCCCCC. The van der Waals surface area contributed by atoms with Crippen LogP contribution in [-0.4, -0.2) is 37.2 Å². The summed E-state index contributed by atoms with van der Waals surface area (Å²) in [6.07, 6.45) is 66.8. The number of allylic oxidation sites excluding steroid dienone is 8. The van der Waals surface area contributed by atoms with E-state index in [-0.39, 0.29) is 31.1 Å². The van der Waals surface area contributed by atoms with Gasteiger partial charge in [-0.3, -0.25) is 14.4 Å². The van der Waals surface area contributed by atoms with E-state index in [0.717, 1.165) is 96.3 Å². The van der Waals surface area contributed by atoms with Gasteiger partial charge in [0.1, 0.15) is 13.2 Å². The zero-order chi connectivity index (χ0) is 47.9. The fourth-order valence-electron chi connectivity index (χ4n) is 8.28. The van der Waals surface area contributed by atoms with E-state index in [2.05, 4.69) is 69.4 Å². The molecule has 0 aliphatic heterocycles. The molecule has 0 saturated carbocycles. The highest BCUT2D eigenvalue weighted by Gasteiger charge is 2.19. The number of carbonyl (C=O) groups is 3. The minimum Gasteiger partial charge on any atom is -0.462 e. The lowest BCUT2D eigenvalue weighted by Gasteiger charge is -2.18. The summed E-state index contributed by atoms with van der Waals surface area (Å²) in [7, 11) is 0. The van der Waals surface area contributed by atoms with Gasteiger partial charge in [0.15, 0.2) is 6.10 Å². The van der Waals surface area contributed by atoms with Crippen molar-refractivity contribution in [1.29, 1.82) is 0 Å². The lowest BCUT2D eigenvalue weighted by atomic mass is 10.0. The zero-order valence-corrected chi connectivity index (χ0v) is 44.0. The van der Waals surface area contributed by atoms with Gasteiger partial charge in [0, 0.05) is 19.3 Å². The number of rotatable bonds is 52. The average molecular weight is 926 g/mol. The molecule has 0 N–H and O–H groups in total. The van der Waals surface area contributed by atoms with Crippen LogP contribution < -0.4 is 0 Å². The lowest BCUT2D eigenvalue weighted by Crippen LogP contribution is -2.30. The molecule has 0 fully saturated rings. The van der Waals surface area contributed by atoms with Gasteiger partial charge < -0.3 is 14.2 Å². The minimum atomic E-state index is -0.779. The lowest BCUT2D eigenvalue weighted by molar-refractivity contribution is -0.167. The summed E-state index contributed by atoms with van der Waals surface area (Å²) in [6.45, 7) is 6.49. The second-order valence-corrected chi connectivity index (χ2v) is 19.2. The third-order valence-electron chi connectivity index (χ3n) is 12.5. The summed E-state index contributed by atoms with van der Waals surface area (Å²) < 4.78 is 16.8. The summed E-state index contributed by atoms with van der Waals surface area (Å²) in [6, 6.07) is 0. The molecule has 6 nitrogen and oxygen atoms in total. The number of esters is 3. The third kappa shape index (κ3) is 52.3. The zero-order valence-electron chi connectivity index (χ0n) is 44.0. The molecule has 0 aromatic rings. The van der Waals surface area contributed by atoms with Crippen LogP contribution in [0.5, 0.6) is 0 Å².